The third-order valence-corrected chi connectivity index (χ3v) is 6.36. The molecule has 9 heteroatoms. The van der Waals surface area contributed by atoms with Gasteiger partial charge in [-0.1, -0.05) is 11.6 Å². The van der Waals surface area contributed by atoms with Gasteiger partial charge in [-0.15, -0.1) is 0 Å². The highest BCUT2D eigenvalue weighted by Crippen LogP contribution is 2.24. The van der Waals surface area contributed by atoms with Crippen LogP contribution < -0.4 is 5.32 Å². The van der Waals surface area contributed by atoms with Crippen molar-refractivity contribution in [3.8, 4) is 0 Å². The van der Waals surface area contributed by atoms with Crippen molar-refractivity contribution in [1.29, 1.82) is 0 Å². The van der Waals surface area contributed by atoms with Crippen molar-refractivity contribution in [1.82, 2.24) is 9.29 Å². The van der Waals surface area contributed by atoms with Crippen LogP contribution in [0.1, 0.15) is 6.92 Å². The number of sulfonamides is 1. The fraction of sp³-hybridized carbons (Fsp3) is 0.545. The van der Waals surface area contributed by atoms with Gasteiger partial charge in [0.2, 0.25) is 10.0 Å². The third-order valence-electron chi connectivity index (χ3n) is 2.93. The number of nitrogens with one attached hydrogen (secondary N) is 1. The zero-order chi connectivity index (χ0) is 14.8. The van der Waals surface area contributed by atoms with E-state index in [1.165, 1.54) is 16.6 Å². The Labute approximate surface area is 126 Å². The maximum absolute atomic E-state index is 12.4. The molecule has 0 aliphatic carbocycles. The molecule has 20 heavy (non-hydrogen) atoms. The molecule has 0 radical (unpaired) electrons. The molecule has 0 bridgehead atoms. The van der Waals surface area contributed by atoms with E-state index in [2.05, 4.69) is 10.3 Å². The first-order valence-electron chi connectivity index (χ1n) is 6.19. The summed E-state index contributed by atoms with van der Waals surface area (Å²) in [4.78, 5) is 4.10. The van der Waals surface area contributed by atoms with Crippen LogP contribution in [0.4, 0.5) is 5.82 Å². The van der Waals surface area contributed by atoms with Gasteiger partial charge in [0.05, 0.1) is 5.02 Å². The molecule has 2 rings (SSSR count). The summed E-state index contributed by atoms with van der Waals surface area (Å²) in [6, 6.07) is 1.40. The predicted octanol–water partition coefficient (Wildman–Crippen LogP) is 0.920. The van der Waals surface area contributed by atoms with Crippen molar-refractivity contribution >= 4 is 38.2 Å². The summed E-state index contributed by atoms with van der Waals surface area (Å²) in [5.74, 6) is 1.21. The monoisotopic (exact) mass is 337 g/mol. The maximum Gasteiger partial charge on any atom is 0.244 e. The Morgan fingerprint density at radius 2 is 2.10 bits per heavy atom. The molecule has 6 nitrogen and oxygen atoms in total. The summed E-state index contributed by atoms with van der Waals surface area (Å²) >= 11 is 6.02. The van der Waals surface area contributed by atoms with Crippen LogP contribution in [-0.2, 0) is 20.8 Å². The molecule has 0 aromatic carbocycles. The lowest BCUT2D eigenvalue weighted by Gasteiger charge is -2.25. The summed E-state index contributed by atoms with van der Waals surface area (Å²) in [6.45, 7) is 3.08. The first kappa shape index (κ1) is 15.7. The Morgan fingerprint density at radius 3 is 2.65 bits per heavy atom. The average molecular weight is 338 g/mol. The molecule has 0 atom stereocenters. The summed E-state index contributed by atoms with van der Waals surface area (Å²) in [6.07, 6.45) is 1.30. The molecule has 1 fully saturated rings. The van der Waals surface area contributed by atoms with Gasteiger partial charge in [0, 0.05) is 48.1 Å². The predicted molar refractivity (Wildman–Crippen MR) is 80.0 cm³/mol. The lowest BCUT2D eigenvalue weighted by atomic mass is 10.4. The fourth-order valence-electron chi connectivity index (χ4n) is 1.87. The molecule has 0 spiro atoms. The summed E-state index contributed by atoms with van der Waals surface area (Å²) in [5.41, 5.74) is 0. The van der Waals surface area contributed by atoms with Crippen molar-refractivity contribution < 1.29 is 12.6 Å². The number of hydrogen-bond donors (Lipinski definition) is 1. The SMILES string of the molecule is CCNc1ncc(S(=O)(=O)N2CCS(=O)CC2)cc1Cl. The van der Waals surface area contributed by atoms with Gasteiger partial charge < -0.3 is 5.32 Å². The molecule has 1 aromatic rings. The first-order valence-corrected chi connectivity index (χ1v) is 9.50. The first-order chi connectivity index (χ1) is 9.45. The molecule has 2 heterocycles. The topological polar surface area (TPSA) is 79.4 Å². The molecule has 112 valence electrons. The van der Waals surface area contributed by atoms with E-state index in [0.29, 0.717) is 23.9 Å². The Bertz CT molecular complexity index is 611. The van der Waals surface area contributed by atoms with Crippen molar-refractivity contribution in [2.75, 3.05) is 36.5 Å². The summed E-state index contributed by atoms with van der Waals surface area (Å²) in [7, 11) is -4.54. The largest absolute Gasteiger partial charge is 0.369 e. The molecule has 1 aliphatic heterocycles. The van der Waals surface area contributed by atoms with Crippen LogP contribution in [0.3, 0.4) is 0 Å². The molecular weight excluding hydrogens is 322 g/mol. The second kappa shape index (κ2) is 6.38. The number of halogens is 1. The quantitative estimate of drug-likeness (QED) is 0.883. The van der Waals surface area contributed by atoms with Gasteiger partial charge in [0.1, 0.15) is 10.7 Å². The number of pyridine rings is 1. The molecule has 0 saturated carbocycles. The molecule has 0 unspecified atom stereocenters. The van der Waals surface area contributed by atoms with E-state index in [-0.39, 0.29) is 23.0 Å². The minimum atomic E-state index is -3.62. The van der Waals surface area contributed by atoms with Crippen LogP contribution in [-0.4, -0.2) is 53.1 Å². The lowest BCUT2D eigenvalue weighted by molar-refractivity contribution is 0.438. The van der Waals surface area contributed by atoms with Crippen LogP contribution in [0.25, 0.3) is 0 Å². The summed E-state index contributed by atoms with van der Waals surface area (Å²) in [5, 5.41) is 3.22. The van der Waals surface area contributed by atoms with Crippen LogP contribution in [0, 0.1) is 0 Å². The normalized spacial score (nSPS) is 18.1. The van der Waals surface area contributed by atoms with Crippen molar-refractivity contribution in [3.63, 3.8) is 0 Å². The van der Waals surface area contributed by atoms with Crippen molar-refractivity contribution in [3.05, 3.63) is 17.3 Å². The van der Waals surface area contributed by atoms with Crippen LogP contribution in [0.15, 0.2) is 17.2 Å². The Morgan fingerprint density at radius 1 is 1.45 bits per heavy atom. The molecule has 1 aromatic heterocycles. The van der Waals surface area contributed by atoms with Gasteiger partial charge in [-0.25, -0.2) is 13.4 Å². The van der Waals surface area contributed by atoms with E-state index in [4.69, 9.17) is 11.6 Å². The van der Waals surface area contributed by atoms with Gasteiger partial charge in [0.15, 0.2) is 0 Å². The second-order valence-electron chi connectivity index (χ2n) is 4.28. The van der Waals surface area contributed by atoms with Crippen LogP contribution in [0.5, 0.6) is 0 Å². The number of hydrogen-bond acceptors (Lipinski definition) is 5. The standard InChI is InChI=1S/C11H16ClN3O3S2/c1-2-13-11-10(12)7-9(8-14-11)20(17,18)15-3-5-19(16)6-4-15/h7-8H,2-6H2,1H3,(H,13,14). The van der Waals surface area contributed by atoms with Gasteiger partial charge in [-0.2, -0.15) is 4.31 Å². The van der Waals surface area contributed by atoms with Gasteiger partial charge in [0.25, 0.3) is 0 Å². The molecule has 1 saturated heterocycles. The van der Waals surface area contributed by atoms with E-state index in [1.807, 2.05) is 6.92 Å². The lowest BCUT2D eigenvalue weighted by Crippen LogP contribution is -2.41. The minimum absolute atomic E-state index is 0.0665. The van der Waals surface area contributed by atoms with E-state index >= 15 is 0 Å². The highest BCUT2D eigenvalue weighted by atomic mass is 35.5. The van der Waals surface area contributed by atoms with Crippen molar-refractivity contribution in [2.24, 2.45) is 0 Å². The minimum Gasteiger partial charge on any atom is -0.369 e. The van der Waals surface area contributed by atoms with E-state index in [1.54, 1.807) is 0 Å². The Kier molecular flexibility index (Phi) is 5.00. The van der Waals surface area contributed by atoms with Crippen molar-refractivity contribution in [2.45, 2.75) is 11.8 Å². The zero-order valence-electron chi connectivity index (χ0n) is 11.0. The fourth-order valence-corrected chi connectivity index (χ4v) is 4.86. The van der Waals surface area contributed by atoms with E-state index in [0.717, 1.165) is 0 Å². The van der Waals surface area contributed by atoms with Gasteiger partial charge >= 0.3 is 0 Å². The zero-order valence-corrected chi connectivity index (χ0v) is 13.4. The number of aromatic nitrogens is 1. The number of rotatable bonds is 4. The average Bonchev–Trinajstić information content (AvgIpc) is 2.41. The smallest absolute Gasteiger partial charge is 0.244 e. The highest BCUT2D eigenvalue weighted by Gasteiger charge is 2.28. The molecular formula is C11H16ClN3O3S2. The molecule has 1 aliphatic rings. The van der Waals surface area contributed by atoms with Crippen LogP contribution >= 0.6 is 11.6 Å². The number of anilines is 1. The van der Waals surface area contributed by atoms with Gasteiger partial charge in [-0.05, 0) is 13.0 Å². The summed E-state index contributed by atoms with van der Waals surface area (Å²) < 4.78 is 37.5. The maximum atomic E-state index is 12.4. The molecule has 1 N–H and O–H groups in total. The van der Waals surface area contributed by atoms with Gasteiger partial charge in [-0.3, -0.25) is 4.21 Å². The highest BCUT2D eigenvalue weighted by molar-refractivity contribution is 7.89. The van der Waals surface area contributed by atoms with E-state index in [9.17, 15) is 12.6 Å². The van der Waals surface area contributed by atoms with E-state index < -0.39 is 20.8 Å². The second-order valence-corrected chi connectivity index (χ2v) is 8.33. The Hall–Kier alpha value is -0.700. The molecule has 0 amide bonds. The third kappa shape index (κ3) is 3.30. The Balaban J connectivity index is 2.25. The number of nitrogens with zero attached hydrogens (tertiary/aromatic N) is 2. The van der Waals surface area contributed by atoms with Crippen LogP contribution in [0.2, 0.25) is 5.02 Å².